The quantitative estimate of drug-likeness (QED) is 0.0875. The van der Waals surface area contributed by atoms with Gasteiger partial charge in [-0.1, -0.05) is 103 Å². The van der Waals surface area contributed by atoms with Gasteiger partial charge in [0.15, 0.2) is 0 Å². The van der Waals surface area contributed by atoms with Gasteiger partial charge in [-0.05, 0) is 32.1 Å². The lowest BCUT2D eigenvalue weighted by Crippen LogP contribution is -2.49. The van der Waals surface area contributed by atoms with Crippen molar-refractivity contribution in [1.82, 2.24) is 15.3 Å². The average Bonchev–Trinajstić information content (AvgIpc) is 2.90. The number of urea groups is 1. The van der Waals surface area contributed by atoms with Crippen LogP contribution in [0.15, 0.2) is 0 Å². The van der Waals surface area contributed by atoms with Crippen molar-refractivity contribution in [2.75, 3.05) is 32.8 Å². The molecule has 0 aliphatic carbocycles. The lowest BCUT2D eigenvalue weighted by atomic mass is 10.00. The summed E-state index contributed by atoms with van der Waals surface area (Å²) in [7, 11) is 0. The number of hydrogen-bond acceptors (Lipinski definition) is 4. The van der Waals surface area contributed by atoms with Crippen LogP contribution >= 0.6 is 0 Å². The summed E-state index contributed by atoms with van der Waals surface area (Å²) < 4.78 is 0. The van der Waals surface area contributed by atoms with Gasteiger partial charge in [0.25, 0.3) is 0 Å². The molecule has 0 aromatic rings. The normalized spacial score (nSPS) is 15.7. The predicted octanol–water partition coefficient (Wildman–Crippen LogP) is 6.55. The van der Waals surface area contributed by atoms with Crippen molar-refractivity contribution in [2.24, 2.45) is 5.73 Å². The third-order valence-corrected chi connectivity index (χ3v) is 7.37. The first kappa shape index (κ1) is 32.7. The van der Waals surface area contributed by atoms with Gasteiger partial charge < -0.3 is 16.0 Å². The van der Waals surface area contributed by atoms with Crippen LogP contribution in [0.4, 0.5) is 4.79 Å². The van der Waals surface area contributed by atoms with Gasteiger partial charge in [0, 0.05) is 25.7 Å². The van der Waals surface area contributed by atoms with Crippen LogP contribution in [0.1, 0.15) is 135 Å². The first-order valence-electron chi connectivity index (χ1n) is 15.3. The number of rotatable bonds is 24. The largest absolute Gasteiger partial charge is 0.338 e. The highest BCUT2D eigenvalue weighted by atomic mass is 16.7. The Morgan fingerprint density at radius 1 is 0.917 bits per heavy atom. The fourth-order valence-corrected chi connectivity index (χ4v) is 5.12. The van der Waals surface area contributed by atoms with Crippen LogP contribution in [0, 0.1) is 0 Å². The van der Waals surface area contributed by atoms with Crippen molar-refractivity contribution in [3.05, 3.63) is 0 Å². The van der Waals surface area contributed by atoms with E-state index in [1.807, 2.05) is 4.90 Å². The fraction of sp³-hybridized carbons (Fsp3) is 0.931. The van der Waals surface area contributed by atoms with Gasteiger partial charge >= 0.3 is 6.03 Å². The van der Waals surface area contributed by atoms with E-state index >= 15 is 0 Å². The molecule has 1 heterocycles. The topological polar surface area (TPSA) is 87.9 Å². The van der Waals surface area contributed by atoms with Crippen molar-refractivity contribution in [3.8, 4) is 0 Å². The molecular weight excluding hydrogens is 452 g/mol. The van der Waals surface area contributed by atoms with E-state index in [0.717, 1.165) is 45.2 Å². The first-order chi connectivity index (χ1) is 17.7. The van der Waals surface area contributed by atoms with E-state index in [0.29, 0.717) is 26.1 Å². The molecule has 0 aromatic carbocycles. The molecule has 1 unspecified atom stereocenters. The first-order valence-corrected chi connectivity index (χ1v) is 15.3. The molecule has 1 fully saturated rings. The van der Waals surface area contributed by atoms with Crippen molar-refractivity contribution in [3.63, 3.8) is 0 Å². The molecule has 212 valence electrons. The van der Waals surface area contributed by atoms with Crippen LogP contribution in [-0.2, 0) is 9.63 Å². The maximum Gasteiger partial charge on any atom is 0.317 e. The zero-order valence-electron chi connectivity index (χ0n) is 23.5. The van der Waals surface area contributed by atoms with Gasteiger partial charge in [-0.2, -0.15) is 0 Å². The molecule has 36 heavy (non-hydrogen) atoms. The zero-order valence-corrected chi connectivity index (χ0v) is 23.5. The number of nitrogens with two attached hydrogens (primary N) is 1. The molecule has 0 saturated carbocycles. The Labute approximate surface area is 222 Å². The molecule has 0 radical (unpaired) electrons. The van der Waals surface area contributed by atoms with E-state index in [9.17, 15) is 9.59 Å². The van der Waals surface area contributed by atoms with Crippen molar-refractivity contribution >= 4 is 12.4 Å². The molecule has 1 atom stereocenters. The highest BCUT2D eigenvalue weighted by Crippen LogP contribution is 2.20. The second-order valence-electron chi connectivity index (χ2n) is 10.5. The minimum Gasteiger partial charge on any atom is -0.338 e. The number of hydrogen-bond donors (Lipinski definition) is 2. The van der Waals surface area contributed by atoms with E-state index < -0.39 is 0 Å². The summed E-state index contributed by atoms with van der Waals surface area (Å²) in [6.07, 6.45) is 26.3. The molecule has 1 saturated heterocycles. The molecule has 1 aliphatic rings. The number of unbranched alkanes of at least 4 members (excludes halogenated alkanes) is 15. The zero-order chi connectivity index (χ0) is 26.1. The molecule has 0 aromatic heterocycles. The summed E-state index contributed by atoms with van der Waals surface area (Å²) in [6, 6.07) is 0.228. The molecule has 7 nitrogen and oxygen atoms in total. The monoisotopic (exact) mass is 510 g/mol. The molecule has 3 amide bonds. The Balaban J connectivity index is 1.97. The van der Waals surface area contributed by atoms with E-state index in [1.165, 1.54) is 101 Å². The van der Waals surface area contributed by atoms with E-state index in [4.69, 9.17) is 10.6 Å². The fourth-order valence-electron chi connectivity index (χ4n) is 5.12. The summed E-state index contributed by atoms with van der Waals surface area (Å²) >= 11 is 0. The molecule has 0 bridgehead atoms. The van der Waals surface area contributed by atoms with Gasteiger partial charge in [0.1, 0.15) is 0 Å². The number of hydroxylamine groups is 2. The van der Waals surface area contributed by atoms with Gasteiger partial charge in [0.2, 0.25) is 6.41 Å². The van der Waals surface area contributed by atoms with Gasteiger partial charge in [-0.15, -0.1) is 0 Å². The van der Waals surface area contributed by atoms with E-state index in [-0.39, 0.29) is 12.1 Å². The number of carbonyl (C=O) groups excluding carboxylic acids is 2. The number of likely N-dealkylation sites (tertiary alicyclic amines) is 1. The molecule has 3 N–H and O–H groups in total. The van der Waals surface area contributed by atoms with Crippen molar-refractivity contribution < 1.29 is 14.4 Å². The maximum atomic E-state index is 12.7. The molecular formula is C29H58N4O3. The van der Waals surface area contributed by atoms with Gasteiger partial charge in [-0.3, -0.25) is 9.63 Å². The van der Waals surface area contributed by atoms with E-state index in [1.54, 1.807) is 0 Å². The maximum absolute atomic E-state index is 12.7. The SMILES string of the molecule is CCCCCCCCCCCCCCCCCCNC(=O)N1CCCCC1CCON(C=O)CCN. The molecule has 1 rings (SSSR count). The lowest BCUT2D eigenvalue weighted by Gasteiger charge is -2.36. The third kappa shape index (κ3) is 17.2. The number of piperidine rings is 1. The Kier molecular flexibility index (Phi) is 21.8. The van der Waals surface area contributed by atoms with Gasteiger partial charge in [-0.25, -0.2) is 9.86 Å². The number of carbonyl (C=O) groups is 2. The summed E-state index contributed by atoms with van der Waals surface area (Å²) in [5.41, 5.74) is 5.48. The molecule has 7 heteroatoms. The smallest absolute Gasteiger partial charge is 0.317 e. The van der Waals surface area contributed by atoms with Crippen LogP contribution in [0.25, 0.3) is 0 Å². The Hall–Kier alpha value is -1.34. The molecule has 1 aliphatic heterocycles. The van der Waals surface area contributed by atoms with Crippen LogP contribution in [0.3, 0.4) is 0 Å². The van der Waals surface area contributed by atoms with Crippen molar-refractivity contribution in [1.29, 1.82) is 0 Å². The summed E-state index contributed by atoms with van der Waals surface area (Å²) in [5, 5.41) is 4.37. The van der Waals surface area contributed by atoms with Crippen LogP contribution < -0.4 is 11.1 Å². The number of amides is 3. The van der Waals surface area contributed by atoms with Crippen LogP contribution in [0.5, 0.6) is 0 Å². The third-order valence-electron chi connectivity index (χ3n) is 7.37. The van der Waals surface area contributed by atoms with Crippen LogP contribution in [-0.4, -0.2) is 61.2 Å². The van der Waals surface area contributed by atoms with Crippen LogP contribution in [0.2, 0.25) is 0 Å². The predicted molar refractivity (Wildman–Crippen MR) is 150 cm³/mol. The number of nitrogens with one attached hydrogen (secondary N) is 1. The second-order valence-corrected chi connectivity index (χ2v) is 10.5. The minimum absolute atomic E-state index is 0.0508. The second kappa shape index (κ2) is 24.0. The molecule has 0 spiro atoms. The highest BCUT2D eigenvalue weighted by Gasteiger charge is 2.26. The minimum atomic E-state index is 0.0508. The highest BCUT2D eigenvalue weighted by molar-refractivity contribution is 5.74. The Bertz CT molecular complexity index is 521. The number of nitrogens with zero attached hydrogens (tertiary/aromatic N) is 2. The Morgan fingerprint density at radius 2 is 1.47 bits per heavy atom. The van der Waals surface area contributed by atoms with Gasteiger partial charge in [0.05, 0.1) is 13.2 Å². The average molecular weight is 511 g/mol. The van der Waals surface area contributed by atoms with E-state index in [2.05, 4.69) is 12.2 Å². The lowest BCUT2D eigenvalue weighted by molar-refractivity contribution is -0.172. The van der Waals surface area contributed by atoms with Crippen molar-refractivity contribution in [2.45, 2.75) is 141 Å². The standard InChI is InChI=1S/C29H58N4O3/c1-2-3-4-5-6-7-8-9-10-11-12-13-14-15-16-18-23-31-29(35)33-24-19-17-20-28(33)21-26-36-32(27-34)25-22-30/h27-28H,2-26,30H2,1H3,(H,31,35). The Morgan fingerprint density at radius 3 is 2.00 bits per heavy atom. The summed E-state index contributed by atoms with van der Waals surface area (Å²) in [6.45, 7) is 5.02. The summed E-state index contributed by atoms with van der Waals surface area (Å²) in [4.78, 5) is 31.1. The summed E-state index contributed by atoms with van der Waals surface area (Å²) in [5.74, 6) is 0.